The van der Waals surface area contributed by atoms with Crippen molar-refractivity contribution in [3.8, 4) is 100 Å². The van der Waals surface area contributed by atoms with Crippen LogP contribution in [0.15, 0.2) is 255 Å². The summed E-state index contributed by atoms with van der Waals surface area (Å²) >= 11 is 0. The summed E-state index contributed by atoms with van der Waals surface area (Å²) in [6.45, 7) is 25.6. The maximum absolute atomic E-state index is 2.59. The molecule has 0 fully saturated rings. The summed E-state index contributed by atoms with van der Waals surface area (Å²) in [5.41, 5.74) is 29.6. The summed E-state index contributed by atoms with van der Waals surface area (Å²) in [7, 11) is 0. The van der Waals surface area contributed by atoms with Gasteiger partial charge in [-0.1, -0.05) is 282 Å². The van der Waals surface area contributed by atoms with Crippen molar-refractivity contribution in [3.05, 3.63) is 288 Å². The molecule has 0 saturated carbocycles. The van der Waals surface area contributed by atoms with E-state index in [4.69, 9.17) is 0 Å². The van der Waals surface area contributed by atoms with E-state index in [0.29, 0.717) is 12.3 Å². The Bertz CT molecular complexity index is 4070. The van der Waals surface area contributed by atoms with Crippen molar-refractivity contribution < 1.29 is 0 Å². The van der Waals surface area contributed by atoms with E-state index in [-0.39, 0.29) is 16.2 Å². The number of benzene rings is 11. The predicted molar refractivity (Wildman–Crippen MR) is 355 cm³/mol. The zero-order chi connectivity index (χ0) is 57.3. The van der Waals surface area contributed by atoms with Gasteiger partial charge in [0.1, 0.15) is 0 Å². The van der Waals surface area contributed by atoms with Crippen molar-refractivity contribution in [2.45, 2.75) is 105 Å². The Morgan fingerprint density at radius 1 is 0.232 bits per heavy atom. The third kappa shape index (κ3) is 11.5. The van der Waals surface area contributed by atoms with Crippen LogP contribution in [0.1, 0.15) is 115 Å². The number of rotatable bonds is 12. The normalized spacial score (nSPS) is 12.0. The lowest BCUT2D eigenvalue weighted by Crippen LogP contribution is -2.13. The first-order valence-electron chi connectivity index (χ1n) is 29.6. The third-order valence-corrected chi connectivity index (χ3v) is 16.6. The Morgan fingerprint density at radius 3 is 1.05 bits per heavy atom. The molecule has 0 atom stereocenters. The molecule has 0 heteroatoms. The molecule has 406 valence electrons. The van der Waals surface area contributed by atoms with Crippen LogP contribution in [-0.2, 0) is 22.7 Å². The molecule has 11 rings (SSSR count). The van der Waals surface area contributed by atoms with Crippen LogP contribution in [-0.4, -0.2) is 0 Å². The van der Waals surface area contributed by atoms with E-state index in [1.54, 1.807) is 0 Å². The molecule has 82 heavy (non-hydrogen) atoms. The van der Waals surface area contributed by atoms with E-state index in [2.05, 4.69) is 331 Å². The van der Waals surface area contributed by atoms with Crippen LogP contribution in [0.3, 0.4) is 0 Å². The van der Waals surface area contributed by atoms with Gasteiger partial charge < -0.3 is 0 Å². The molecule has 0 bridgehead atoms. The van der Waals surface area contributed by atoms with Gasteiger partial charge in [0.25, 0.3) is 0 Å². The van der Waals surface area contributed by atoms with Crippen molar-refractivity contribution in [1.29, 1.82) is 0 Å². The van der Waals surface area contributed by atoms with Gasteiger partial charge in [-0.3, -0.25) is 0 Å². The minimum Gasteiger partial charge on any atom is -0.0622 e. The fourth-order valence-corrected chi connectivity index (χ4v) is 12.5. The highest BCUT2D eigenvalue weighted by atomic mass is 14.3. The van der Waals surface area contributed by atoms with Gasteiger partial charge in [-0.15, -0.1) is 0 Å². The third-order valence-electron chi connectivity index (χ3n) is 16.6. The highest BCUT2D eigenvalue weighted by Gasteiger charge is 2.26. The average Bonchev–Trinajstić information content (AvgIpc) is 3.57. The molecule has 0 saturated heterocycles. The molecule has 0 amide bonds. The Hall–Kier alpha value is -8.58. The first kappa shape index (κ1) is 55.3. The second-order valence-electron chi connectivity index (χ2n) is 25.9. The molecule has 0 N–H and O–H groups in total. The first-order chi connectivity index (χ1) is 39.4. The fourth-order valence-electron chi connectivity index (χ4n) is 12.5. The van der Waals surface area contributed by atoms with E-state index in [1.165, 1.54) is 134 Å². The molecule has 11 aromatic carbocycles. The fraction of sp³-hybridized carbons (Fsp3) is 0.195. The molecule has 0 radical (unpaired) electrons. The van der Waals surface area contributed by atoms with Crippen LogP contribution in [0.5, 0.6) is 0 Å². The van der Waals surface area contributed by atoms with E-state index in [0.717, 1.165) is 0 Å². The summed E-state index contributed by atoms with van der Waals surface area (Å²) in [6.07, 6.45) is 0.705. The molecule has 0 aliphatic heterocycles. The van der Waals surface area contributed by atoms with E-state index >= 15 is 0 Å². The van der Waals surface area contributed by atoms with Gasteiger partial charge in [-0.2, -0.15) is 0 Å². The smallest absolute Gasteiger partial charge is 0.00132 e. The second kappa shape index (κ2) is 22.8. The maximum atomic E-state index is 2.59. The van der Waals surface area contributed by atoms with Crippen molar-refractivity contribution in [2.24, 2.45) is 0 Å². The Balaban J connectivity index is 1.29. The number of hydrogen-bond donors (Lipinski definition) is 0. The molecule has 0 heterocycles. The minimum absolute atomic E-state index is 0.0596. The molecule has 0 spiro atoms. The van der Waals surface area contributed by atoms with Crippen LogP contribution in [0.25, 0.3) is 100 Å². The van der Waals surface area contributed by atoms with Gasteiger partial charge in [-0.25, -0.2) is 0 Å². The summed E-state index contributed by atoms with van der Waals surface area (Å²) in [4.78, 5) is 0. The van der Waals surface area contributed by atoms with Crippen LogP contribution in [0.4, 0.5) is 0 Å². The van der Waals surface area contributed by atoms with Crippen molar-refractivity contribution in [1.82, 2.24) is 0 Å². The van der Waals surface area contributed by atoms with Crippen molar-refractivity contribution in [3.63, 3.8) is 0 Å². The first-order valence-corrected chi connectivity index (χ1v) is 29.6. The summed E-state index contributed by atoms with van der Waals surface area (Å²) in [5, 5.41) is 0. The lowest BCUT2D eigenvalue weighted by Gasteiger charge is -2.26. The van der Waals surface area contributed by atoms with Crippen LogP contribution in [0.2, 0.25) is 0 Å². The van der Waals surface area contributed by atoms with E-state index in [9.17, 15) is 0 Å². The monoisotopic (exact) mass is 1060 g/mol. The summed E-state index contributed by atoms with van der Waals surface area (Å²) in [5.74, 6) is 0.327. The lowest BCUT2D eigenvalue weighted by atomic mass is 9.78. The lowest BCUT2D eigenvalue weighted by molar-refractivity contribution is 0.591. The largest absolute Gasteiger partial charge is 0.0622 e. The second-order valence-corrected chi connectivity index (χ2v) is 25.9. The molecule has 0 aromatic heterocycles. The van der Waals surface area contributed by atoms with E-state index in [1.807, 2.05) is 0 Å². The van der Waals surface area contributed by atoms with Gasteiger partial charge in [0.2, 0.25) is 0 Å². The van der Waals surface area contributed by atoms with Gasteiger partial charge in [-0.05, 0) is 211 Å². The predicted octanol–water partition coefficient (Wildman–Crippen LogP) is 23.3. The van der Waals surface area contributed by atoms with E-state index < -0.39 is 0 Å². The highest BCUT2D eigenvalue weighted by molar-refractivity contribution is 5.98. The van der Waals surface area contributed by atoms with Gasteiger partial charge in [0, 0.05) is 0 Å². The van der Waals surface area contributed by atoms with Crippen LogP contribution >= 0.6 is 0 Å². The summed E-state index contributed by atoms with van der Waals surface area (Å²) < 4.78 is 0. The summed E-state index contributed by atoms with van der Waals surface area (Å²) in [6, 6.07) is 96.3. The molecule has 0 nitrogen and oxygen atoms in total. The van der Waals surface area contributed by atoms with Gasteiger partial charge in [0.15, 0.2) is 0 Å². The average molecular weight is 1060 g/mol. The molecule has 0 aliphatic rings. The van der Waals surface area contributed by atoms with Gasteiger partial charge >= 0.3 is 0 Å². The van der Waals surface area contributed by atoms with Crippen LogP contribution < -0.4 is 0 Å². The van der Waals surface area contributed by atoms with Gasteiger partial charge in [0.05, 0.1) is 0 Å². The van der Waals surface area contributed by atoms with Crippen LogP contribution in [0, 0.1) is 0 Å². The Kier molecular flexibility index (Phi) is 15.4. The van der Waals surface area contributed by atoms with Crippen molar-refractivity contribution in [2.75, 3.05) is 0 Å². The molecule has 0 unspecified atom stereocenters. The number of hydrogen-bond acceptors (Lipinski definition) is 0. The molecular formula is C82H78. The van der Waals surface area contributed by atoms with Crippen molar-refractivity contribution >= 4 is 0 Å². The minimum atomic E-state index is -0.0816. The zero-order valence-electron chi connectivity index (χ0n) is 50.0. The topological polar surface area (TPSA) is 0 Å². The molecule has 0 aliphatic carbocycles. The molecular weight excluding hydrogens is 985 g/mol. The highest BCUT2D eigenvalue weighted by Crippen LogP contribution is 2.48. The SMILES string of the molecule is CC(C)c1ccccc1-c1ccccc1-c1cc(-c2cc(-c3ccccc3)cc(-c3ccccc3C(C)(C)C)c2)c(Cc2ccccc2-c2ccccc2C(C)(C)C)cc1-c1cc(-c2ccccc2)cc(-c2ccccc2C(C)(C)C)c1. The standard InChI is InChI=1S/C82H78/c1-55(2)66-35-20-21-39-70(66)71-40-22-23-41-72(71)76-54-74(63-49-59(56-30-14-12-15-31-56)47-61(51-63)68-37-24-27-43-77(68)80(3,4)5)65(46-58-34-18-19-36-67(58)73-42-26-29-45-79(73)82(9,10)11)53-75(76)64-50-60(57-32-16-13-17-33-57)48-62(52-64)69-38-25-28-44-78(69)81(6,7)8/h12-45,47-55H,46H2,1-11H3. The zero-order valence-corrected chi connectivity index (χ0v) is 50.0. The maximum Gasteiger partial charge on any atom is -0.00132 e. The molecule has 11 aromatic rings. The Labute approximate surface area is 490 Å². The quantitative estimate of drug-likeness (QED) is 0.114. The Morgan fingerprint density at radius 2 is 0.573 bits per heavy atom.